The Hall–Kier alpha value is -1.76. The molecule has 1 aromatic rings. The lowest BCUT2D eigenvalue weighted by molar-refractivity contribution is 0.0852. The molecule has 0 radical (unpaired) electrons. The second kappa shape index (κ2) is 3.76. The van der Waals surface area contributed by atoms with E-state index in [2.05, 4.69) is 20.6 Å². The molecule has 0 aliphatic heterocycles. The number of nitrogens with one attached hydrogen (secondary N) is 1. The molecule has 0 bridgehead atoms. The minimum atomic E-state index is -0.405. The summed E-state index contributed by atoms with van der Waals surface area (Å²) in [5.41, 5.74) is 7.94. The van der Waals surface area contributed by atoms with Crippen LogP contribution in [0.25, 0.3) is 0 Å². The summed E-state index contributed by atoms with van der Waals surface area (Å²) < 4.78 is 0. The summed E-state index contributed by atoms with van der Waals surface area (Å²) in [6, 6.07) is 0. The van der Waals surface area contributed by atoms with Gasteiger partial charge in [-0.3, -0.25) is 10.2 Å². The summed E-state index contributed by atoms with van der Waals surface area (Å²) in [5.74, 6) is -0.390. The third kappa shape index (κ3) is 2.34. The molecular formula is C6H10N6O. The fraction of sp³-hybridized carbons (Fsp3) is 0.333. The number of rotatable bonds is 2. The van der Waals surface area contributed by atoms with Gasteiger partial charge in [-0.2, -0.15) is 0 Å². The van der Waals surface area contributed by atoms with Crippen LogP contribution in [0, 0.1) is 0 Å². The number of nitrogens with two attached hydrogens (primary N) is 1. The van der Waals surface area contributed by atoms with E-state index in [1.807, 2.05) is 0 Å². The third-order valence-electron chi connectivity index (χ3n) is 1.19. The lowest BCUT2D eigenvalue weighted by Crippen LogP contribution is -2.37. The monoisotopic (exact) mass is 182 g/mol. The molecule has 3 N–H and O–H groups in total. The van der Waals surface area contributed by atoms with Crippen molar-refractivity contribution in [3.8, 4) is 0 Å². The van der Waals surface area contributed by atoms with Gasteiger partial charge in [0.05, 0.1) is 0 Å². The number of amides is 1. The molecule has 0 fully saturated rings. The van der Waals surface area contributed by atoms with Crippen molar-refractivity contribution in [1.82, 2.24) is 25.6 Å². The van der Waals surface area contributed by atoms with Gasteiger partial charge in [-0.05, 0) is 0 Å². The van der Waals surface area contributed by atoms with Crippen LogP contribution < -0.4 is 11.2 Å². The highest BCUT2D eigenvalue weighted by molar-refractivity contribution is 5.95. The molecule has 0 saturated heterocycles. The Balaban J connectivity index is 2.83. The van der Waals surface area contributed by atoms with Crippen LogP contribution in [0.4, 0.5) is 5.82 Å². The summed E-state index contributed by atoms with van der Waals surface area (Å²) in [7, 11) is 3.37. The molecule has 0 aromatic carbocycles. The normalized spacial score (nSPS) is 10.1. The van der Waals surface area contributed by atoms with Crippen LogP contribution in [0.15, 0.2) is 6.33 Å². The number of nitrogen functional groups attached to an aromatic ring is 1. The largest absolute Gasteiger partial charge is 0.380 e. The number of anilines is 1. The molecule has 70 valence electrons. The molecule has 0 aliphatic carbocycles. The van der Waals surface area contributed by atoms with E-state index in [9.17, 15) is 4.79 Å². The highest BCUT2D eigenvalue weighted by atomic mass is 16.2. The minimum absolute atomic E-state index is 0.0156. The molecule has 0 saturated carbocycles. The number of carbonyl (C=O) groups excluding carboxylic acids is 1. The summed E-state index contributed by atoms with van der Waals surface area (Å²) >= 11 is 0. The number of aromatic nitrogens is 3. The minimum Gasteiger partial charge on any atom is -0.380 e. The maximum Gasteiger partial charge on any atom is 0.288 e. The second-order valence-corrected chi connectivity index (χ2v) is 2.53. The zero-order chi connectivity index (χ0) is 9.84. The van der Waals surface area contributed by atoms with E-state index in [1.54, 1.807) is 14.1 Å². The SMILES string of the molecule is CN(C)NC(=O)c1ncnnc1N. The molecule has 7 nitrogen and oxygen atoms in total. The number of hydrogen-bond donors (Lipinski definition) is 2. The summed E-state index contributed by atoms with van der Waals surface area (Å²) in [6.45, 7) is 0. The van der Waals surface area contributed by atoms with Crippen molar-refractivity contribution >= 4 is 11.7 Å². The molecule has 0 atom stereocenters. The Labute approximate surface area is 74.9 Å². The third-order valence-corrected chi connectivity index (χ3v) is 1.19. The lowest BCUT2D eigenvalue weighted by atomic mass is 10.4. The van der Waals surface area contributed by atoms with Gasteiger partial charge in [0.15, 0.2) is 11.5 Å². The van der Waals surface area contributed by atoms with Crippen molar-refractivity contribution in [2.75, 3.05) is 19.8 Å². The fourth-order valence-electron chi connectivity index (χ4n) is 0.716. The molecule has 1 amide bonds. The Bertz CT molecular complexity index is 312. The summed E-state index contributed by atoms with van der Waals surface area (Å²) in [5, 5.41) is 8.41. The zero-order valence-electron chi connectivity index (χ0n) is 7.35. The highest BCUT2D eigenvalue weighted by Crippen LogP contribution is 2.00. The Morgan fingerprint density at radius 2 is 2.31 bits per heavy atom. The molecule has 1 heterocycles. The van der Waals surface area contributed by atoms with Crippen LogP contribution in [-0.2, 0) is 0 Å². The standard InChI is InChI=1S/C6H10N6O/c1-12(2)11-6(13)4-5(7)10-9-3-8-4/h3H,1-2H3,(H2,7,10)(H,11,13). The van der Waals surface area contributed by atoms with E-state index in [0.717, 1.165) is 0 Å². The van der Waals surface area contributed by atoms with Crippen molar-refractivity contribution < 1.29 is 4.79 Å². The van der Waals surface area contributed by atoms with Crippen molar-refractivity contribution in [3.63, 3.8) is 0 Å². The Kier molecular flexibility index (Phi) is 2.70. The molecule has 0 unspecified atom stereocenters. The molecular weight excluding hydrogens is 172 g/mol. The molecule has 7 heteroatoms. The smallest absolute Gasteiger partial charge is 0.288 e. The van der Waals surface area contributed by atoms with E-state index >= 15 is 0 Å². The van der Waals surface area contributed by atoms with E-state index in [-0.39, 0.29) is 11.5 Å². The number of nitrogens with zero attached hydrogens (tertiary/aromatic N) is 4. The first kappa shape index (κ1) is 9.33. The first-order valence-electron chi connectivity index (χ1n) is 3.52. The fourth-order valence-corrected chi connectivity index (χ4v) is 0.716. The number of hydrogen-bond acceptors (Lipinski definition) is 6. The van der Waals surface area contributed by atoms with Crippen LogP contribution in [0.1, 0.15) is 10.5 Å². The van der Waals surface area contributed by atoms with Crippen molar-refractivity contribution in [3.05, 3.63) is 12.0 Å². The molecule has 1 rings (SSSR count). The van der Waals surface area contributed by atoms with Crippen molar-refractivity contribution in [2.24, 2.45) is 0 Å². The van der Waals surface area contributed by atoms with Gasteiger partial charge < -0.3 is 5.73 Å². The Morgan fingerprint density at radius 3 is 2.85 bits per heavy atom. The van der Waals surface area contributed by atoms with Crippen molar-refractivity contribution in [1.29, 1.82) is 0 Å². The highest BCUT2D eigenvalue weighted by Gasteiger charge is 2.12. The molecule has 0 spiro atoms. The zero-order valence-corrected chi connectivity index (χ0v) is 7.35. The van der Waals surface area contributed by atoms with Crippen LogP contribution in [0.5, 0.6) is 0 Å². The maximum atomic E-state index is 11.3. The van der Waals surface area contributed by atoms with E-state index in [0.29, 0.717) is 0 Å². The van der Waals surface area contributed by atoms with Gasteiger partial charge in [-0.1, -0.05) is 0 Å². The number of carbonyl (C=O) groups is 1. The van der Waals surface area contributed by atoms with Crippen molar-refractivity contribution in [2.45, 2.75) is 0 Å². The molecule has 13 heavy (non-hydrogen) atoms. The lowest BCUT2D eigenvalue weighted by Gasteiger charge is -2.11. The summed E-state index contributed by atoms with van der Waals surface area (Å²) in [4.78, 5) is 15.0. The maximum absolute atomic E-state index is 11.3. The van der Waals surface area contributed by atoms with Crippen LogP contribution in [0.3, 0.4) is 0 Å². The van der Waals surface area contributed by atoms with E-state index in [4.69, 9.17) is 5.73 Å². The van der Waals surface area contributed by atoms with Gasteiger partial charge in [-0.15, -0.1) is 10.2 Å². The first-order chi connectivity index (χ1) is 6.11. The van der Waals surface area contributed by atoms with Gasteiger partial charge in [0.25, 0.3) is 5.91 Å². The van der Waals surface area contributed by atoms with Gasteiger partial charge in [-0.25, -0.2) is 9.99 Å². The van der Waals surface area contributed by atoms with Gasteiger partial charge in [0, 0.05) is 14.1 Å². The van der Waals surface area contributed by atoms with Crippen LogP contribution >= 0.6 is 0 Å². The summed E-state index contributed by atoms with van der Waals surface area (Å²) in [6.07, 6.45) is 1.17. The average Bonchev–Trinajstić information content (AvgIpc) is 2.03. The van der Waals surface area contributed by atoms with Crippen LogP contribution in [-0.4, -0.2) is 40.2 Å². The second-order valence-electron chi connectivity index (χ2n) is 2.53. The predicted octanol–water partition coefficient (Wildman–Crippen LogP) is -1.34. The Morgan fingerprint density at radius 1 is 1.62 bits per heavy atom. The van der Waals surface area contributed by atoms with E-state index in [1.165, 1.54) is 11.3 Å². The molecule has 0 aliphatic rings. The topological polar surface area (TPSA) is 97.0 Å². The van der Waals surface area contributed by atoms with Gasteiger partial charge in [0.1, 0.15) is 6.33 Å². The average molecular weight is 182 g/mol. The number of hydrazine groups is 1. The van der Waals surface area contributed by atoms with Gasteiger partial charge in [0.2, 0.25) is 0 Å². The van der Waals surface area contributed by atoms with E-state index < -0.39 is 5.91 Å². The van der Waals surface area contributed by atoms with Crippen LogP contribution in [0.2, 0.25) is 0 Å². The van der Waals surface area contributed by atoms with Gasteiger partial charge >= 0.3 is 0 Å². The quantitative estimate of drug-likeness (QED) is 0.549. The molecule has 1 aromatic heterocycles. The predicted molar refractivity (Wildman–Crippen MR) is 45.4 cm³/mol. The first-order valence-corrected chi connectivity index (χ1v) is 3.52.